The van der Waals surface area contributed by atoms with Gasteiger partial charge in [-0.3, -0.25) is 0 Å². The van der Waals surface area contributed by atoms with Crippen molar-refractivity contribution < 1.29 is 32.8 Å². The number of carbonyl (C=O) groups excluding carboxylic acids is 1. The number of unbranched alkanes of at least 4 members (excludes halogenated alkanes) is 1. The van der Waals surface area contributed by atoms with Gasteiger partial charge in [-0.15, -0.1) is 0 Å². The van der Waals surface area contributed by atoms with Crippen molar-refractivity contribution in [2.45, 2.75) is 103 Å². The summed E-state index contributed by atoms with van der Waals surface area (Å²) in [5.74, 6) is 0.136. The Hall–Kier alpha value is -1.08. The summed E-state index contributed by atoms with van der Waals surface area (Å²) in [6.45, 7) is 5.20. The minimum atomic E-state index is -4.19. The highest BCUT2D eigenvalue weighted by Gasteiger charge is 2.49. The van der Waals surface area contributed by atoms with E-state index >= 15 is 0 Å². The molecular formula is C23H37F3O4. The monoisotopic (exact) mass is 434 g/mol. The molecule has 30 heavy (non-hydrogen) atoms. The van der Waals surface area contributed by atoms with Gasteiger partial charge in [-0.05, 0) is 62.7 Å². The summed E-state index contributed by atoms with van der Waals surface area (Å²) in [6.07, 6.45) is 6.11. The number of hydrogen-bond donors (Lipinski definition) is 1. The maximum absolute atomic E-state index is 13.5. The summed E-state index contributed by atoms with van der Waals surface area (Å²) in [6, 6.07) is 0. The lowest BCUT2D eigenvalue weighted by molar-refractivity contribution is -0.235. The highest BCUT2D eigenvalue weighted by molar-refractivity contribution is 5.68. The van der Waals surface area contributed by atoms with E-state index in [0.717, 1.165) is 38.5 Å². The van der Waals surface area contributed by atoms with Crippen LogP contribution in [-0.4, -0.2) is 29.6 Å². The first kappa shape index (κ1) is 25.2. The smallest absolute Gasteiger partial charge is 0.375 e. The number of allylic oxidation sites excluding steroid dienone is 2. The average Bonchev–Trinajstić information content (AvgIpc) is 3.25. The third kappa shape index (κ3) is 6.71. The van der Waals surface area contributed by atoms with Crippen LogP contribution in [0.1, 0.15) is 85.0 Å². The van der Waals surface area contributed by atoms with Gasteiger partial charge in [0.25, 0.3) is 0 Å². The van der Waals surface area contributed by atoms with Crippen LogP contribution in [0.4, 0.5) is 13.2 Å². The van der Waals surface area contributed by atoms with Crippen molar-refractivity contribution in [3.05, 3.63) is 12.2 Å². The van der Waals surface area contributed by atoms with Crippen molar-refractivity contribution in [3.8, 4) is 0 Å². The fraction of sp³-hybridized carbons (Fsp3) is 0.870. The Balaban J connectivity index is 1.84. The van der Waals surface area contributed by atoms with Gasteiger partial charge in [0, 0.05) is 0 Å². The van der Waals surface area contributed by atoms with Crippen molar-refractivity contribution in [2.75, 3.05) is 0 Å². The maximum atomic E-state index is 13.5. The lowest BCUT2D eigenvalue weighted by atomic mass is 9.80. The number of alkyl halides is 3. The molecule has 0 radical (unpaired) electrons. The van der Waals surface area contributed by atoms with Crippen molar-refractivity contribution in [3.63, 3.8) is 0 Å². The quantitative estimate of drug-likeness (QED) is 0.223. The zero-order valence-electron chi connectivity index (χ0n) is 18.4. The van der Waals surface area contributed by atoms with Crippen LogP contribution < -0.4 is 0 Å². The van der Waals surface area contributed by atoms with E-state index in [1.54, 1.807) is 6.08 Å². The number of carbonyl (C=O) groups is 1. The third-order valence-corrected chi connectivity index (χ3v) is 7.03. The molecule has 1 unspecified atom stereocenters. The van der Waals surface area contributed by atoms with Crippen LogP contribution in [0.5, 0.6) is 0 Å². The zero-order chi connectivity index (χ0) is 22.4. The second-order valence-electron chi connectivity index (χ2n) is 9.58. The molecule has 0 spiro atoms. The van der Waals surface area contributed by atoms with Gasteiger partial charge < -0.3 is 9.62 Å². The van der Waals surface area contributed by atoms with E-state index in [4.69, 9.17) is 9.99 Å². The summed E-state index contributed by atoms with van der Waals surface area (Å²) in [5.41, 5.74) is -1.65. The van der Waals surface area contributed by atoms with Gasteiger partial charge in [0.05, 0.1) is 24.0 Å². The molecule has 174 valence electrons. The highest BCUT2D eigenvalue weighted by atomic mass is 19.4. The fourth-order valence-corrected chi connectivity index (χ4v) is 4.91. The van der Waals surface area contributed by atoms with Crippen LogP contribution in [0.2, 0.25) is 0 Å². The molecule has 1 saturated carbocycles. The minimum absolute atomic E-state index is 0.0349. The Morgan fingerprint density at radius 2 is 2.07 bits per heavy atom. The summed E-state index contributed by atoms with van der Waals surface area (Å²) in [7, 11) is 0. The van der Waals surface area contributed by atoms with Gasteiger partial charge in [0.1, 0.15) is 0 Å². The molecule has 0 aromatic rings. The highest BCUT2D eigenvalue weighted by Crippen LogP contribution is 2.47. The van der Waals surface area contributed by atoms with Gasteiger partial charge in [0.15, 0.2) is 0 Å². The van der Waals surface area contributed by atoms with Gasteiger partial charge >= 0.3 is 12.1 Å². The molecule has 1 heterocycles. The SMILES string of the molecule is CCCC[C@](C)(CC=C[C@H]1CC[C@@H]2O[C@@H](CCC(C)CC(=O)OO)C[C@@H]21)C(F)(F)F. The molecular weight excluding hydrogens is 397 g/mol. The standard InChI is InChI=1S/C23H37F3O4/c1-4-5-12-22(3,23(24,25)26)13-6-7-17-9-11-20-19(17)15-18(29-20)10-8-16(2)14-21(27)30-28/h6-7,16-20,28H,4-5,8-15H2,1-3H3/t16?,17-,18-,19+,20-,22+/m0/s1. The molecule has 1 aliphatic heterocycles. The Morgan fingerprint density at radius 3 is 2.70 bits per heavy atom. The van der Waals surface area contributed by atoms with Gasteiger partial charge in [0.2, 0.25) is 0 Å². The van der Waals surface area contributed by atoms with Gasteiger partial charge in [-0.1, -0.05) is 45.8 Å². The first-order valence-corrected chi connectivity index (χ1v) is 11.3. The summed E-state index contributed by atoms with van der Waals surface area (Å²) in [5, 5.41) is 8.37. The van der Waals surface area contributed by atoms with E-state index in [1.165, 1.54) is 6.92 Å². The lowest BCUT2D eigenvalue weighted by Gasteiger charge is -2.31. The lowest BCUT2D eigenvalue weighted by Crippen LogP contribution is -2.34. The van der Waals surface area contributed by atoms with E-state index in [9.17, 15) is 18.0 Å². The van der Waals surface area contributed by atoms with Crippen LogP contribution in [0, 0.1) is 23.2 Å². The second kappa shape index (κ2) is 11.0. The molecule has 0 aromatic carbocycles. The van der Waals surface area contributed by atoms with Crippen LogP contribution in [0.25, 0.3) is 0 Å². The van der Waals surface area contributed by atoms with E-state index in [1.807, 2.05) is 19.9 Å². The Labute approximate surface area is 178 Å². The van der Waals surface area contributed by atoms with Gasteiger partial charge in [-0.2, -0.15) is 18.4 Å². The van der Waals surface area contributed by atoms with E-state index < -0.39 is 17.6 Å². The zero-order valence-corrected chi connectivity index (χ0v) is 18.4. The predicted molar refractivity (Wildman–Crippen MR) is 109 cm³/mol. The minimum Gasteiger partial charge on any atom is -0.375 e. The van der Waals surface area contributed by atoms with Crippen LogP contribution in [0.15, 0.2) is 12.2 Å². The van der Waals surface area contributed by atoms with Crippen LogP contribution >= 0.6 is 0 Å². The van der Waals surface area contributed by atoms with E-state index in [-0.39, 0.29) is 43.3 Å². The van der Waals surface area contributed by atoms with Crippen molar-refractivity contribution in [2.24, 2.45) is 23.2 Å². The van der Waals surface area contributed by atoms with Crippen molar-refractivity contribution >= 4 is 5.97 Å². The topological polar surface area (TPSA) is 55.8 Å². The fourth-order valence-electron chi connectivity index (χ4n) is 4.91. The Bertz CT molecular complexity index is 577. The molecule has 0 amide bonds. The Kier molecular flexibility index (Phi) is 9.22. The molecule has 1 saturated heterocycles. The molecule has 6 atom stereocenters. The first-order valence-electron chi connectivity index (χ1n) is 11.3. The van der Waals surface area contributed by atoms with E-state index in [2.05, 4.69) is 4.89 Å². The van der Waals surface area contributed by atoms with Gasteiger partial charge in [-0.25, -0.2) is 4.79 Å². The molecule has 0 bridgehead atoms. The van der Waals surface area contributed by atoms with Crippen molar-refractivity contribution in [1.29, 1.82) is 0 Å². The predicted octanol–water partition coefficient (Wildman–Crippen LogP) is 6.70. The number of halogens is 3. The number of fused-ring (bicyclic) bond motifs is 1. The molecule has 4 nitrogen and oxygen atoms in total. The number of ether oxygens (including phenoxy) is 1. The number of rotatable bonds is 11. The summed E-state index contributed by atoms with van der Waals surface area (Å²) < 4.78 is 46.8. The molecule has 7 heteroatoms. The Morgan fingerprint density at radius 1 is 1.33 bits per heavy atom. The maximum Gasteiger partial charge on any atom is 0.394 e. The van der Waals surface area contributed by atoms with Crippen LogP contribution in [0.3, 0.4) is 0 Å². The first-order chi connectivity index (χ1) is 14.1. The molecule has 2 fully saturated rings. The normalized spacial score (nSPS) is 29.7. The molecule has 2 aliphatic rings. The van der Waals surface area contributed by atoms with Crippen LogP contribution in [-0.2, 0) is 14.4 Å². The number of hydrogen-bond acceptors (Lipinski definition) is 4. The van der Waals surface area contributed by atoms with E-state index in [0.29, 0.717) is 12.3 Å². The average molecular weight is 435 g/mol. The molecule has 0 aromatic heterocycles. The molecule has 1 N–H and O–H groups in total. The molecule has 2 rings (SSSR count). The summed E-state index contributed by atoms with van der Waals surface area (Å²) in [4.78, 5) is 14.9. The third-order valence-electron chi connectivity index (χ3n) is 7.03. The largest absolute Gasteiger partial charge is 0.394 e. The van der Waals surface area contributed by atoms with Crippen molar-refractivity contribution in [1.82, 2.24) is 0 Å². The molecule has 1 aliphatic carbocycles. The summed E-state index contributed by atoms with van der Waals surface area (Å²) >= 11 is 0. The second-order valence-corrected chi connectivity index (χ2v) is 9.58.